The molecule has 0 aromatic heterocycles. The Bertz CT molecular complexity index is 834. The number of piperazine rings is 1. The molecule has 28 heavy (non-hydrogen) atoms. The van der Waals surface area contributed by atoms with Gasteiger partial charge in [-0.3, -0.25) is 9.69 Å². The van der Waals surface area contributed by atoms with Crippen LogP contribution in [-0.2, 0) is 10.0 Å². The number of carbonyl (C=O) groups excluding carboxylic acids is 1. The van der Waals surface area contributed by atoms with Crippen LogP contribution < -0.4 is 4.74 Å². The Hall–Kier alpha value is -1.64. The molecule has 0 spiro atoms. The van der Waals surface area contributed by atoms with Crippen LogP contribution in [0.15, 0.2) is 18.2 Å². The molecule has 0 N–H and O–H groups in total. The van der Waals surface area contributed by atoms with Crippen molar-refractivity contribution in [2.45, 2.75) is 32.2 Å². The molecule has 1 aromatic carbocycles. The summed E-state index contributed by atoms with van der Waals surface area (Å²) in [4.78, 5) is 17.3. The van der Waals surface area contributed by atoms with E-state index in [1.54, 1.807) is 11.4 Å². The first-order valence-electron chi connectivity index (χ1n) is 9.84. The van der Waals surface area contributed by atoms with E-state index in [0.29, 0.717) is 31.7 Å². The van der Waals surface area contributed by atoms with Crippen molar-refractivity contribution in [1.29, 1.82) is 0 Å². The van der Waals surface area contributed by atoms with E-state index in [2.05, 4.69) is 11.8 Å². The molecule has 8 heteroatoms. The van der Waals surface area contributed by atoms with Crippen molar-refractivity contribution in [3.05, 3.63) is 29.3 Å². The number of sulfonamides is 1. The van der Waals surface area contributed by atoms with Crippen LogP contribution in [0.2, 0.25) is 0 Å². The molecule has 1 amide bonds. The molecule has 2 aliphatic heterocycles. The minimum Gasteiger partial charge on any atom is -0.497 e. The van der Waals surface area contributed by atoms with Crippen molar-refractivity contribution < 1.29 is 17.9 Å². The SMILES string of the molecule is CC[C@]1(N2CCN(C(=O)c3ccc(OC)cc3C)CC2)CCN(S(C)(=O)=O)C1. The zero-order valence-corrected chi connectivity index (χ0v) is 18.1. The number of carbonyl (C=O) groups is 1. The predicted molar refractivity (Wildman–Crippen MR) is 109 cm³/mol. The summed E-state index contributed by atoms with van der Waals surface area (Å²) in [6.45, 7) is 8.04. The van der Waals surface area contributed by atoms with E-state index in [1.807, 2.05) is 30.0 Å². The van der Waals surface area contributed by atoms with Gasteiger partial charge < -0.3 is 9.64 Å². The molecule has 2 fully saturated rings. The highest BCUT2D eigenvalue weighted by atomic mass is 32.2. The topological polar surface area (TPSA) is 70.2 Å². The molecule has 2 aliphatic rings. The Morgan fingerprint density at radius 2 is 1.86 bits per heavy atom. The standard InChI is InChI=1S/C20H31N3O4S/c1-5-20(8-9-23(15-20)28(4,25)26)22-12-10-21(11-13-22)19(24)18-7-6-17(27-3)14-16(18)2/h6-7,14H,5,8-13,15H2,1-4H3/t20-/m0/s1. The molecule has 2 saturated heterocycles. The molecule has 7 nitrogen and oxygen atoms in total. The predicted octanol–water partition coefficient (Wildman–Crippen LogP) is 1.58. The van der Waals surface area contributed by atoms with Crippen LogP contribution in [0.5, 0.6) is 5.75 Å². The van der Waals surface area contributed by atoms with Gasteiger partial charge in [-0.25, -0.2) is 12.7 Å². The Kier molecular flexibility index (Phi) is 6.03. The molecule has 2 heterocycles. The summed E-state index contributed by atoms with van der Waals surface area (Å²) in [6, 6.07) is 5.53. The van der Waals surface area contributed by atoms with Gasteiger partial charge in [0.1, 0.15) is 5.75 Å². The maximum absolute atomic E-state index is 13.0. The van der Waals surface area contributed by atoms with Crippen LogP contribution >= 0.6 is 0 Å². The number of rotatable bonds is 5. The lowest BCUT2D eigenvalue weighted by Crippen LogP contribution is -2.59. The van der Waals surface area contributed by atoms with E-state index in [1.165, 1.54) is 6.26 Å². The fourth-order valence-corrected chi connectivity index (χ4v) is 5.33. The normalized spacial score (nSPS) is 24.5. The highest BCUT2D eigenvalue weighted by Gasteiger charge is 2.45. The smallest absolute Gasteiger partial charge is 0.254 e. The number of ether oxygens (including phenoxy) is 1. The highest BCUT2D eigenvalue weighted by Crippen LogP contribution is 2.33. The van der Waals surface area contributed by atoms with Crippen molar-refractivity contribution >= 4 is 15.9 Å². The number of amides is 1. The van der Waals surface area contributed by atoms with Crippen molar-refractivity contribution in [1.82, 2.24) is 14.1 Å². The fraction of sp³-hybridized carbons (Fsp3) is 0.650. The molecule has 1 aromatic rings. The van der Waals surface area contributed by atoms with Gasteiger partial charge in [-0.2, -0.15) is 0 Å². The van der Waals surface area contributed by atoms with Crippen molar-refractivity contribution in [2.24, 2.45) is 0 Å². The molecule has 1 atom stereocenters. The third kappa shape index (κ3) is 4.04. The first-order chi connectivity index (χ1) is 13.2. The van der Waals surface area contributed by atoms with Crippen LogP contribution in [-0.4, -0.2) is 86.6 Å². The maximum atomic E-state index is 13.0. The van der Waals surface area contributed by atoms with Crippen molar-refractivity contribution in [3.63, 3.8) is 0 Å². The number of benzene rings is 1. The van der Waals surface area contributed by atoms with E-state index in [4.69, 9.17) is 4.74 Å². The largest absolute Gasteiger partial charge is 0.497 e. The third-order valence-corrected chi connectivity index (χ3v) is 7.58. The van der Waals surface area contributed by atoms with Crippen molar-refractivity contribution in [3.8, 4) is 5.75 Å². The summed E-state index contributed by atoms with van der Waals surface area (Å²) in [6.07, 6.45) is 3.04. The Balaban J connectivity index is 1.66. The Labute approximate surface area is 168 Å². The lowest BCUT2D eigenvalue weighted by Gasteiger charge is -2.45. The summed E-state index contributed by atoms with van der Waals surface area (Å²) in [7, 11) is -1.54. The van der Waals surface area contributed by atoms with Gasteiger partial charge >= 0.3 is 0 Å². The molecule has 0 unspecified atom stereocenters. The molecule has 0 bridgehead atoms. The summed E-state index contributed by atoms with van der Waals surface area (Å²) < 4.78 is 30.7. The highest BCUT2D eigenvalue weighted by molar-refractivity contribution is 7.88. The van der Waals surface area contributed by atoms with Gasteiger partial charge in [0.25, 0.3) is 5.91 Å². The number of aryl methyl sites for hydroxylation is 1. The monoisotopic (exact) mass is 409 g/mol. The Morgan fingerprint density at radius 3 is 2.36 bits per heavy atom. The van der Waals surface area contributed by atoms with Gasteiger partial charge in [-0.1, -0.05) is 6.92 Å². The molecule has 0 aliphatic carbocycles. The number of hydrogen-bond acceptors (Lipinski definition) is 5. The quantitative estimate of drug-likeness (QED) is 0.738. The average molecular weight is 410 g/mol. The molecule has 3 rings (SSSR count). The summed E-state index contributed by atoms with van der Waals surface area (Å²) in [5, 5.41) is 0. The van der Waals surface area contributed by atoms with Gasteiger partial charge in [0.15, 0.2) is 0 Å². The van der Waals surface area contributed by atoms with Crippen molar-refractivity contribution in [2.75, 3.05) is 52.6 Å². The molecule has 156 valence electrons. The van der Waals surface area contributed by atoms with E-state index < -0.39 is 10.0 Å². The van der Waals surface area contributed by atoms with Gasteiger partial charge in [0.05, 0.1) is 13.4 Å². The lowest BCUT2D eigenvalue weighted by atomic mass is 9.92. The second kappa shape index (κ2) is 8.00. The van der Waals surface area contributed by atoms with Crippen LogP contribution in [0.3, 0.4) is 0 Å². The first-order valence-corrected chi connectivity index (χ1v) is 11.7. The van der Waals surface area contributed by atoms with Gasteiger partial charge in [0, 0.05) is 50.4 Å². The zero-order chi connectivity index (χ0) is 20.5. The second-order valence-electron chi connectivity index (χ2n) is 7.88. The third-order valence-electron chi connectivity index (χ3n) is 6.33. The zero-order valence-electron chi connectivity index (χ0n) is 17.3. The number of nitrogens with zero attached hydrogens (tertiary/aromatic N) is 3. The number of methoxy groups -OCH3 is 1. The average Bonchev–Trinajstić information content (AvgIpc) is 3.14. The summed E-state index contributed by atoms with van der Waals surface area (Å²) in [5.74, 6) is 0.801. The van der Waals surface area contributed by atoms with Gasteiger partial charge in [-0.05, 0) is 43.5 Å². The number of hydrogen-bond donors (Lipinski definition) is 0. The van der Waals surface area contributed by atoms with E-state index in [-0.39, 0.29) is 11.4 Å². The Morgan fingerprint density at radius 1 is 1.18 bits per heavy atom. The second-order valence-corrected chi connectivity index (χ2v) is 9.87. The van der Waals surface area contributed by atoms with E-state index in [9.17, 15) is 13.2 Å². The fourth-order valence-electron chi connectivity index (χ4n) is 4.43. The summed E-state index contributed by atoms with van der Waals surface area (Å²) in [5.41, 5.74) is 1.51. The molecule has 0 saturated carbocycles. The van der Waals surface area contributed by atoms with Crippen LogP contribution in [0, 0.1) is 6.92 Å². The maximum Gasteiger partial charge on any atom is 0.254 e. The molecule has 0 radical (unpaired) electrons. The van der Waals surface area contributed by atoms with E-state index >= 15 is 0 Å². The minimum absolute atomic E-state index is 0.0505. The van der Waals surface area contributed by atoms with E-state index in [0.717, 1.165) is 37.2 Å². The molecular weight excluding hydrogens is 378 g/mol. The summed E-state index contributed by atoms with van der Waals surface area (Å²) >= 11 is 0. The van der Waals surface area contributed by atoms with Crippen LogP contribution in [0.25, 0.3) is 0 Å². The van der Waals surface area contributed by atoms with Crippen LogP contribution in [0.4, 0.5) is 0 Å². The van der Waals surface area contributed by atoms with Crippen LogP contribution in [0.1, 0.15) is 35.7 Å². The minimum atomic E-state index is -3.16. The lowest BCUT2D eigenvalue weighted by molar-refractivity contribution is 0.0312. The molecular formula is C20H31N3O4S. The first kappa shape index (κ1) is 21.1. The van der Waals surface area contributed by atoms with Gasteiger partial charge in [-0.15, -0.1) is 0 Å². The van der Waals surface area contributed by atoms with Gasteiger partial charge in [0.2, 0.25) is 10.0 Å².